The van der Waals surface area contributed by atoms with E-state index in [2.05, 4.69) is 53.2 Å². The number of hydrogen-bond donors (Lipinski definition) is 1. The highest BCUT2D eigenvalue weighted by atomic mass is 127. The zero-order chi connectivity index (χ0) is 20.6. The van der Waals surface area contributed by atoms with Gasteiger partial charge in [0.25, 0.3) is 0 Å². The highest BCUT2D eigenvalue weighted by molar-refractivity contribution is 14.0. The molecule has 7 heteroatoms. The number of guanidine groups is 1. The number of halogens is 1. The summed E-state index contributed by atoms with van der Waals surface area (Å²) >= 11 is 0. The third-order valence-electron chi connectivity index (χ3n) is 6.01. The topological polar surface area (TPSA) is 51.2 Å². The molecule has 0 radical (unpaired) electrons. The smallest absolute Gasteiger partial charge is 0.219 e. The molecule has 0 aromatic heterocycles. The van der Waals surface area contributed by atoms with Gasteiger partial charge in [-0.15, -0.1) is 24.0 Å². The van der Waals surface area contributed by atoms with Crippen molar-refractivity contribution in [2.24, 2.45) is 10.9 Å². The van der Waals surface area contributed by atoms with E-state index in [0.29, 0.717) is 6.54 Å². The Labute approximate surface area is 199 Å². The molecule has 1 amide bonds. The first-order valence-electron chi connectivity index (χ1n) is 11.1. The Morgan fingerprint density at radius 3 is 2.40 bits per heavy atom. The quantitative estimate of drug-likeness (QED) is 0.363. The van der Waals surface area contributed by atoms with Gasteiger partial charge in [-0.3, -0.25) is 9.69 Å². The summed E-state index contributed by atoms with van der Waals surface area (Å²) in [5.41, 5.74) is 2.70. The van der Waals surface area contributed by atoms with Crippen LogP contribution in [0.2, 0.25) is 0 Å². The van der Waals surface area contributed by atoms with Crippen molar-refractivity contribution < 1.29 is 4.79 Å². The Kier molecular flexibility index (Phi) is 10.4. The fourth-order valence-corrected chi connectivity index (χ4v) is 4.36. The summed E-state index contributed by atoms with van der Waals surface area (Å²) in [5.74, 6) is 1.91. The van der Waals surface area contributed by atoms with Crippen molar-refractivity contribution in [1.82, 2.24) is 20.0 Å². The summed E-state index contributed by atoms with van der Waals surface area (Å²) in [4.78, 5) is 23.3. The zero-order valence-electron chi connectivity index (χ0n) is 18.8. The lowest BCUT2D eigenvalue weighted by Crippen LogP contribution is -2.53. The number of carbonyl (C=O) groups excluding carboxylic acids is 1. The standard InChI is InChI=1S/C23H37N5O.HI/c1-4-24-23(28-14-12-27(13-15-28)20(3)29)25-16-21-9-5-6-10-22(21)18-26-11-7-8-19(2)17-26;/h5-6,9-10,19H,4,7-8,11-18H2,1-3H3,(H,24,25);1H. The second kappa shape index (κ2) is 12.5. The van der Waals surface area contributed by atoms with Crippen LogP contribution < -0.4 is 5.32 Å². The van der Waals surface area contributed by atoms with E-state index in [1.54, 1.807) is 6.92 Å². The molecule has 1 N–H and O–H groups in total. The van der Waals surface area contributed by atoms with Crippen LogP contribution >= 0.6 is 24.0 Å². The van der Waals surface area contributed by atoms with E-state index in [9.17, 15) is 4.79 Å². The first-order chi connectivity index (χ1) is 14.1. The fraction of sp³-hybridized carbons (Fsp3) is 0.652. The minimum atomic E-state index is 0. The first-order valence-corrected chi connectivity index (χ1v) is 11.1. The molecule has 0 spiro atoms. The number of likely N-dealkylation sites (tertiary alicyclic amines) is 1. The van der Waals surface area contributed by atoms with E-state index in [0.717, 1.165) is 51.1 Å². The molecule has 2 heterocycles. The van der Waals surface area contributed by atoms with Gasteiger partial charge in [0.05, 0.1) is 6.54 Å². The van der Waals surface area contributed by atoms with Crippen molar-refractivity contribution in [2.75, 3.05) is 45.8 Å². The minimum Gasteiger partial charge on any atom is -0.357 e. The third kappa shape index (κ3) is 7.11. The average molecular weight is 527 g/mol. The lowest BCUT2D eigenvalue weighted by Gasteiger charge is -2.36. The van der Waals surface area contributed by atoms with Crippen molar-refractivity contribution in [3.05, 3.63) is 35.4 Å². The maximum Gasteiger partial charge on any atom is 0.219 e. The molecule has 2 saturated heterocycles. The Morgan fingerprint density at radius 2 is 1.77 bits per heavy atom. The van der Waals surface area contributed by atoms with E-state index >= 15 is 0 Å². The second-order valence-electron chi connectivity index (χ2n) is 8.41. The van der Waals surface area contributed by atoms with Crippen LogP contribution in [-0.2, 0) is 17.9 Å². The van der Waals surface area contributed by atoms with Gasteiger partial charge >= 0.3 is 0 Å². The number of benzene rings is 1. The minimum absolute atomic E-state index is 0. The SMILES string of the molecule is CCNC(=NCc1ccccc1CN1CCCC(C)C1)N1CCN(C(C)=O)CC1.I. The summed E-state index contributed by atoms with van der Waals surface area (Å²) in [6.45, 7) is 14.3. The maximum absolute atomic E-state index is 11.6. The van der Waals surface area contributed by atoms with Crippen molar-refractivity contribution in [2.45, 2.75) is 46.7 Å². The average Bonchev–Trinajstić information content (AvgIpc) is 2.72. The molecule has 1 aromatic carbocycles. The highest BCUT2D eigenvalue weighted by Crippen LogP contribution is 2.20. The molecule has 1 unspecified atom stereocenters. The molecule has 2 fully saturated rings. The van der Waals surface area contributed by atoms with Gasteiger partial charge < -0.3 is 15.1 Å². The van der Waals surface area contributed by atoms with E-state index in [1.807, 2.05) is 4.90 Å². The fourth-order valence-electron chi connectivity index (χ4n) is 4.36. The van der Waals surface area contributed by atoms with Crippen molar-refractivity contribution >= 4 is 35.8 Å². The number of piperazine rings is 1. The Balaban J connectivity index is 0.00000320. The number of aliphatic imine (C=N–C) groups is 1. The predicted molar refractivity (Wildman–Crippen MR) is 134 cm³/mol. The summed E-state index contributed by atoms with van der Waals surface area (Å²) in [5, 5.41) is 3.44. The van der Waals surface area contributed by atoms with Crippen LogP contribution in [0.4, 0.5) is 0 Å². The molecule has 1 aromatic rings. The molecule has 3 rings (SSSR count). The molecule has 6 nitrogen and oxygen atoms in total. The highest BCUT2D eigenvalue weighted by Gasteiger charge is 2.21. The molecule has 168 valence electrons. The van der Waals surface area contributed by atoms with Crippen molar-refractivity contribution in [1.29, 1.82) is 0 Å². The summed E-state index contributed by atoms with van der Waals surface area (Å²) in [6.07, 6.45) is 2.66. The van der Waals surface area contributed by atoms with Crippen LogP contribution in [0.1, 0.15) is 44.7 Å². The molecule has 30 heavy (non-hydrogen) atoms. The van der Waals surface area contributed by atoms with Gasteiger partial charge in [0.1, 0.15) is 0 Å². The second-order valence-corrected chi connectivity index (χ2v) is 8.41. The molecule has 0 saturated carbocycles. The van der Waals surface area contributed by atoms with E-state index < -0.39 is 0 Å². The van der Waals surface area contributed by atoms with Crippen molar-refractivity contribution in [3.8, 4) is 0 Å². The van der Waals surface area contributed by atoms with Crippen LogP contribution in [0.15, 0.2) is 29.3 Å². The van der Waals surface area contributed by atoms with Crippen molar-refractivity contribution in [3.63, 3.8) is 0 Å². The van der Waals surface area contributed by atoms with E-state index in [-0.39, 0.29) is 29.9 Å². The van der Waals surface area contributed by atoms with E-state index in [1.165, 1.54) is 37.1 Å². The normalized spacial score (nSPS) is 20.6. The Bertz CT molecular complexity index is 703. The zero-order valence-corrected chi connectivity index (χ0v) is 21.1. The number of amides is 1. The lowest BCUT2D eigenvalue weighted by atomic mass is 9.99. The monoisotopic (exact) mass is 527 g/mol. The Hall–Kier alpha value is -1.35. The van der Waals surface area contributed by atoms with Gasteiger partial charge in [0, 0.05) is 52.7 Å². The number of rotatable bonds is 5. The largest absolute Gasteiger partial charge is 0.357 e. The van der Waals surface area contributed by atoms with Gasteiger partial charge in [-0.1, -0.05) is 31.2 Å². The predicted octanol–water partition coefficient (Wildman–Crippen LogP) is 3.17. The molecule has 2 aliphatic rings. The van der Waals surface area contributed by atoms with Gasteiger partial charge in [0.15, 0.2) is 5.96 Å². The van der Waals surface area contributed by atoms with Crippen LogP contribution in [0.3, 0.4) is 0 Å². The van der Waals surface area contributed by atoms with Gasteiger partial charge in [-0.25, -0.2) is 4.99 Å². The number of carbonyl (C=O) groups is 1. The van der Waals surface area contributed by atoms with Gasteiger partial charge in [-0.05, 0) is 43.4 Å². The number of hydrogen-bond acceptors (Lipinski definition) is 3. The number of piperidine rings is 1. The molecular formula is C23H38IN5O. The molecule has 0 aliphatic carbocycles. The molecular weight excluding hydrogens is 489 g/mol. The van der Waals surface area contributed by atoms with Crippen LogP contribution in [0.5, 0.6) is 0 Å². The number of nitrogens with one attached hydrogen (secondary N) is 1. The lowest BCUT2D eigenvalue weighted by molar-refractivity contribution is -0.130. The van der Waals surface area contributed by atoms with Crippen LogP contribution in [-0.4, -0.2) is 72.4 Å². The van der Waals surface area contributed by atoms with Crippen LogP contribution in [0, 0.1) is 5.92 Å². The van der Waals surface area contributed by atoms with Gasteiger partial charge in [0.2, 0.25) is 5.91 Å². The maximum atomic E-state index is 11.6. The van der Waals surface area contributed by atoms with Gasteiger partial charge in [-0.2, -0.15) is 0 Å². The summed E-state index contributed by atoms with van der Waals surface area (Å²) < 4.78 is 0. The Morgan fingerprint density at radius 1 is 1.10 bits per heavy atom. The molecule has 2 aliphatic heterocycles. The molecule has 1 atom stereocenters. The molecule has 0 bridgehead atoms. The third-order valence-corrected chi connectivity index (χ3v) is 6.01. The summed E-state index contributed by atoms with van der Waals surface area (Å²) in [6, 6.07) is 8.72. The number of nitrogens with zero attached hydrogens (tertiary/aromatic N) is 4. The van der Waals surface area contributed by atoms with Crippen LogP contribution in [0.25, 0.3) is 0 Å². The summed E-state index contributed by atoms with van der Waals surface area (Å²) in [7, 11) is 0. The first kappa shape index (κ1) is 24.9. The van der Waals surface area contributed by atoms with E-state index in [4.69, 9.17) is 4.99 Å².